The quantitative estimate of drug-likeness (QED) is 0.526. The Morgan fingerprint density at radius 2 is 1.87 bits per heavy atom. The van der Waals surface area contributed by atoms with Crippen LogP contribution in [0.2, 0.25) is 0 Å². The van der Waals surface area contributed by atoms with E-state index in [2.05, 4.69) is 42.7 Å². The summed E-state index contributed by atoms with van der Waals surface area (Å²) in [4.78, 5) is 0. The number of hydrogen-bond acceptors (Lipinski definition) is 1. The van der Waals surface area contributed by atoms with Gasteiger partial charge in [0.25, 0.3) is 0 Å². The molecule has 0 amide bonds. The largest absolute Gasteiger partial charge is 0.309 e. The van der Waals surface area contributed by atoms with Gasteiger partial charge in [0.1, 0.15) is 0 Å². The van der Waals surface area contributed by atoms with Gasteiger partial charge in [-0.15, -0.1) is 13.2 Å². The Hall–Kier alpha value is -1.34. The van der Waals surface area contributed by atoms with Crippen LogP contribution in [0, 0.1) is 0 Å². The fourth-order valence-electron chi connectivity index (χ4n) is 1.55. The monoisotopic (exact) mass is 201 g/mol. The topological polar surface area (TPSA) is 12.0 Å². The van der Waals surface area contributed by atoms with E-state index < -0.39 is 0 Å². The minimum absolute atomic E-state index is 0.378. The lowest BCUT2D eigenvalue weighted by Gasteiger charge is -2.17. The van der Waals surface area contributed by atoms with E-state index in [1.807, 2.05) is 18.2 Å². The normalized spacial score (nSPS) is 12.0. The van der Waals surface area contributed by atoms with Crippen LogP contribution < -0.4 is 5.32 Å². The highest BCUT2D eigenvalue weighted by Gasteiger charge is 2.06. The second kappa shape index (κ2) is 7.02. The van der Waals surface area contributed by atoms with Crippen molar-refractivity contribution in [1.82, 2.24) is 5.32 Å². The molecule has 1 atom stereocenters. The average Bonchev–Trinajstić information content (AvgIpc) is 2.29. The fourth-order valence-corrected chi connectivity index (χ4v) is 1.55. The Bertz CT molecular complexity index is 289. The zero-order chi connectivity index (χ0) is 10.9. The van der Waals surface area contributed by atoms with Gasteiger partial charge in [-0.3, -0.25) is 0 Å². The predicted molar refractivity (Wildman–Crippen MR) is 66.8 cm³/mol. The van der Waals surface area contributed by atoms with E-state index in [9.17, 15) is 0 Å². The fraction of sp³-hybridized carbons (Fsp3) is 0.286. The molecule has 1 nitrogen and oxygen atoms in total. The Labute approximate surface area is 92.5 Å². The summed E-state index contributed by atoms with van der Waals surface area (Å²) in [5.41, 5.74) is 1.32. The lowest BCUT2D eigenvalue weighted by atomic mass is 10.0. The summed E-state index contributed by atoms with van der Waals surface area (Å²) >= 11 is 0. The highest BCUT2D eigenvalue weighted by Crippen LogP contribution is 2.16. The zero-order valence-corrected chi connectivity index (χ0v) is 9.15. The maximum atomic E-state index is 3.79. The van der Waals surface area contributed by atoms with Crippen LogP contribution in [0.15, 0.2) is 55.6 Å². The first kappa shape index (κ1) is 11.7. The predicted octanol–water partition coefficient (Wildman–Crippen LogP) is 3.47. The lowest BCUT2D eigenvalue weighted by Crippen LogP contribution is -2.21. The molecule has 0 aliphatic carbocycles. The molecule has 0 aliphatic rings. The molecule has 0 bridgehead atoms. The lowest BCUT2D eigenvalue weighted by molar-refractivity contribution is 0.545. The molecule has 1 heteroatoms. The van der Waals surface area contributed by atoms with Crippen molar-refractivity contribution < 1.29 is 0 Å². The van der Waals surface area contributed by atoms with E-state index in [1.165, 1.54) is 5.56 Å². The van der Waals surface area contributed by atoms with Crippen molar-refractivity contribution in [3.05, 3.63) is 61.2 Å². The van der Waals surface area contributed by atoms with Gasteiger partial charge in [0.15, 0.2) is 0 Å². The van der Waals surface area contributed by atoms with Crippen LogP contribution in [-0.4, -0.2) is 6.54 Å². The van der Waals surface area contributed by atoms with Gasteiger partial charge < -0.3 is 5.32 Å². The van der Waals surface area contributed by atoms with Crippen molar-refractivity contribution in [2.75, 3.05) is 6.54 Å². The second-order valence-electron chi connectivity index (χ2n) is 3.52. The summed E-state index contributed by atoms with van der Waals surface area (Å²) in [5, 5.41) is 3.50. The van der Waals surface area contributed by atoms with Crippen LogP contribution in [-0.2, 0) is 0 Å². The summed E-state index contributed by atoms with van der Waals surface area (Å²) in [6, 6.07) is 10.9. The van der Waals surface area contributed by atoms with E-state index in [1.54, 1.807) is 0 Å². The molecule has 1 aromatic rings. The number of nitrogens with one attached hydrogen (secondary N) is 1. The van der Waals surface area contributed by atoms with Crippen LogP contribution in [0.3, 0.4) is 0 Å². The molecule has 1 aromatic carbocycles. The van der Waals surface area contributed by atoms with Gasteiger partial charge in [0.05, 0.1) is 0 Å². The van der Waals surface area contributed by atoms with E-state index in [4.69, 9.17) is 0 Å². The van der Waals surface area contributed by atoms with Crippen LogP contribution in [0.25, 0.3) is 0 Å². The minimum atomic E-state index is 0.378. The first-order valence-electron chi connectivity index (χ1n) is 5.38. The van der Waals surface area contributed by atoms with Gasteiger partial charge >= 0.3 is 0 Å². The highest BCUT2D eigenvalue weighted by atomic mass is 14.9. The minimum Gasteiger partial charge on any atom is -0.309 e. The van der Waals surface area contributed by atoms with Crippen LogP contribution in [0.5, 0.6) is 0 Å². The molecule has 0 saturated heterocycles. The molecule has 0 spiro atoms. The van der Waals surface area contributed by atoms with Gasteiger partial charge in [-0.1, -0.05) is 42.5 Å². The van der Waals surface area contributed by atoms with Gasteiger partial charge in [-0.2, -0.15) is 0 Å². The molecule has 0 heterocycles. The Balaban J connectivity index is 2.57. The zero-order valence-electron chi connectivity index (χ0n) is 9.15. The Morgan fingerprint density at radius 3 is 2.47 bits per heavy atom. The Kier molecular flexibility index (Phi) is 5.49. The van der Waals surface area contributed by atoms with Crippen molar-refractivity contribution in [1.29, 1.82) is 0 Å². The van der Waals surface area contributed by atoms with Crippen molar-refractivity contribution >= 4 is 0 Å². The van der Waals surface area contributed by atoms with Gasteiger partial charge in [-0.25, -0.2) is 0 Å². The van der Waals surface area contributed by atoms with E-state index in [0.717, 1.165) is 19.4 Å². The summed E-state index contributed by atoms with van der Waals surface area (Å²) < 4.78 is 0. The Morgan fingerprint density at radius 1 is 1.13 bits per heavy atom. The molecule has 1 unspecified atom stereocenters. The molecule has 0 aromatic heterocycles. The van der Waals surface area contributed by atoms with Crippen molar-refractivity contribution in [3.63, 3.8) is 0 Å². The molecular weight excluding hydrogens is 182 g/mol. The van der Waals surface area contributed by atoms with Crippen molar-refractivity contribution in [2.24, 2.45) is 0 Å². The van der Waals surface area contributed by atoms with E-state index >= 15 is 0 Å². The second-order valence-corrected chi connectivity index (χ2v) is 3.52. The molecule has 0 aliphatic heterocycles. The number of rotatable bonds is 7. The van der Waals surface area contributed by atoms with Crippen LogP contribution in [0.4, 0.5) is 0 Å². The number of hydrogen-bond donors (Lipinski definition) is 1. The maximum Gasteiger partial charge on any atom is 0.0354 e. The standard InChI is InChI=1S/C14H19N/c1-3-5-12-15-14(9-4-2)13-10-7-6-8-11-13/h3-4,6-8,10-11,14-15H,1-2,5,9,12H2. The smallest absolute Gasteiger partial charge is 0.0354 e. The van der Waals surface area contributed by atoms with Crippen LogP contribution in [0.1, 0.15) is 24.4 Å². The maximum absolute atomic E-state index is 3.79. The SMILES string of the molecule is C=CCCNC(CC=C)c1ccccc1. The molecular formula is C14H19N. The van der Waals surface area contributed by atoms with Crippen molar-refractivity contribution in [2.45, 2.75) is 18.9 Å². The molecule has 0 radical (unpaired) electrons. The van der Waals surface area contributed by atoms with E-state index in [-0.39, 0.29) is 0 Å². The van der Waals surface area contributed by atoms with Crippen molar-refractivity contribution in [3.8, 4) is 0 Å². The summed E-state index contributed by atoms with van der Waals surface area (Å²) in [6.07, 6.45) is 5.85. The van der Waals surface area contributed by atoms with E-state index in [0.29, 0.717) is 6.04 Å². The molecule has 15 heavy (non-hydrogen) atoms. The van der Waals surface area contributed by atoms with Gasteiger partial charge in [-0.05, 0) is 24.9 Å². The summed E-state index contributed by atoms with van der Waals surface area (Å²) in [5.74, 6) is 0. The first-order chi connectivity index (χ1) is 7.38. The molecule has 0 saturated carbocycles. The average molecular weight is 201 g/mol. The first-order valence-corrected chi connectivity index (χ1v) is 5.38. The summed E-state index contributed by atoms with van der Waals surface area (Å²) in [7, 11) is 0. The third-order valence-electron chi connectivity index (χ3n) is 2.34. The molecule has 1 N–H and O–H groups in total. The third kappa shape index (κ3) is 4.13. The van der Waals surface area contributed by atoms with Gasteiger partial charge in [0.2, 0.25) is 0 Å². The third-order valence-corrected chi connectivity index (χ3v) is 2.34. The van der Waals surface area contributed by atoms with Gasteiger partial charge in [0, 0.05) is 6.04 Å². The number of benzene rings is 1. The molecule has 80 valence electrons. The van der Waals surface area contributed by atoms with Crippen LogP contribution >= 0.6 is 0 Å². The highest BCUT2D eigenvalue weighted by molar-refractivity contribution is 5.19. The molecule has 1 rings (SSSR count). The molecule has 0 fully saturated rings. The summed E-state index contributed by atoms with van der Waals surface area (Å²) in [6.45, 7) is 8.48.